The Labute approximate surface area is 146 Å². The molecule has 2 rings (SSSR count). The first-order valence-electron chi connectivity index (χ1n) is 8.31. The molecule has 1 amide bonds. The van der Waals surface area contributed by atoms with Gasteiger partial charge in [0.15, 0.2) is 5.82 Å². The lowest BCUT2D eigenvalue weighted by atomic mass is 9.99. The average Bonchev–Trinajstić information content (AvgIpc) is 3.06. The maximum Gasteiger partial charge on any atom is 0.308 e. The van der Waals surface area contributed by atoms with Crippen LogP contribution in [0, 0.1) is 5.92 Å². The molecular formula is C18H23N3O4. The SMILES string of the molecule is CC(C)c1noc(CCC(=O)NCC(Cc2ccccc2)C(=O)O)n1. The van der Waals surface area contributed by atoms with Gasteiger partial charge in [0.25, 0.3) is 0 Å². The van der Waals surface area contributed by atoms with Crippen LogP contribution in [0.15, 0.2) is 34.9 Å². The molecule has 134 valence electrons. The summed E-state index contributed by atoms with van der Waals surface area (Å²) in [6.45, 7) is 4.00. The third-order valence-corrected chi connectivity index (χ3v) is 3.79. The number of rotatable bonds is 9. The summed E-state index contributed by atoms with van der Waals surface area (Å²) < 4.78 is 5.08. The number of carboxylic acid groups (broad SMARTS) is 1. The Morgan fingerprint density at radius 3 is 2.56 bits per heavy atom. The van der Waals surface area contributed by atoms with E-state index in [0.717, 1.165) is 5.56 Å². The molecule has 2 N–H and O–H groups in total. The molecule has 1 unspecified atom stereocenters. The summed E-state index contributed by atoms with van der Waals surface area (Å²) in [6, 6.07) is 9.36. The number of aryl methyl sites for hydroxylation is 1. The first-order chi connectivity index (χ1) is 12.0. The highest BCUT2D eigenvalue weighted by Crippen LogP contribution is 2.11. The van der Waals surface area contributed by atoms with Gasteiger partial charge in [-0.2, -0.15) is 4.98 Å². The minimum Gasteiger partial charge on any atom is -0.481 e. The minimum atomic E-state index is -0.928. The van der Waals surface area contributed by atoms with Crippen LogP contribution in [0.4, 0.5) is 0 Å². The van der Waals surface area contributed by atoms with Crippen LogP contribution in [0.2, 0.25) is 0 Å². The fraction of sp³-hybridized carbons (Fsp3) is 0.444. The van der Waals surface area contributed by atoms with Gasteiger partial charge in [0.1, 0.15) is 0 Å². The van der Waals surface area contributed by atoms with E-state index < -0.39 is 11.9 Å². The number of aliphatic carboxylic acids is 1. The highest BCUT2D eigenvalue weighted by atomic mass is 16.5. The van der Waals surface area contributed by atoms with E-state index >= 15 is 0 Å². The molecule has 0 aliphatic rings. The van der Waals surface area contributed by atoms with Crippen LogP contribution in [0.1, 0.15) is 43.5 Å². The summed E-state index contributed by atoms with van der Waals surface area (Å²) in [4.78, 5) is 27.5. The second-order valence-electron chi connectivity index (χ2n) is 6.23. The monoisotopic (exact) mass is 345 g/mol. The molecular weight excluding hydrogens is 322 g/mol. The molecule has 1 atom stereocenters. The number of amides is 1. The normalized spacial score (nSPS) is 12.1. The Hall–Kier alpha value is -2.70. The summed E-state index contributed by atoms with van der Waals surface area (Å²) in [5, 5.41) is 15.8. The van der Waals surface area contributed by atoms with Gasteiger partial charge in [-0.1, -0.05) is 49.3 Å². The van der Waals surface area contributed by atoms with Gasteiger partial charge in [-0.05, 0) is 12.0 Å². The standard InChI is InChI=1S/C18H23N3O4/c1-12(2)17-20-16(25-21-17)9-8-15(22)19-11-14(18(23)24)10-13-6-4-3-5-7-13/h3-7,12,14H,8-11H2,1-2H3,(H,19,22)(H,23,24). The van der Waals surface area contributed by atoms with Crippen molar-refractivity contribution in [3.63, 3.8) is 0 Å². The van der Waals surface area contributed by atoms with Crippen LogP contribution >= 0.6 is 0 Å². The molecule has 0 fully saturated rings. The van der Waals surface area contributed by atoms with Gasteiger partial charge in [-0.3, -0.25) is 9.59 Å². The summed E-state index contributed by atoms with van der Waals surface area (Å²) in [5.41, 5.74) is 0.927. The number of aromatic nitrogens is 2. The number of benzene rings is 1. The van der Waals surface area contributed by atoms with E-state index in [2.05, 4.69) is 15.5 Å². The quantitative estimate of drug-likeness (QED) is 0.722. The van der Waals surface area contributed by atoms with Gasteiger partial charge in [0.05, 0.1) is 5.92 Å². The Balaban J connectivity index is 1.79. The zero-order chi connectivity index (χ0) is 18.2. The van der Waals surface area contributed by atoms with Gasteiger partial charge in [0, 0.05) is 25.3 Å². The summed E-state index contributed by atoms with van der Waals surface area (Å²) >= 11 is 0. The van der Waals surface area contributed by atoms with Gasteiger partial charge in [0.2, 0.25) is 11.8 Å². The van der Waals surface area contributed by atoms with Gasteiger partial charge in [-0.25, -0.2) is 0 Å². The number of hydrogen-bond donors (Lipinski definition) is 2. The van der Waals surface area contributed by atoms with E-state index in [9.17, 15) is 14.7 Å². The fourth-order valence-corrected chi connectivity index (χ4v) is 2.30. The Morgan fingerprint density at radius 1 is 1.24 bits per heavy atom. The van der Waals surface area contributed by atoms with E-state index in [-0.39, 0.29) is 24.8 Å². The lowest BCUT2D eigenvalue weighted by molar-refractivity contribution is -0.141. The number of nitrogens with one attached hydrogen (secondary N) is 1. The largest absolute Gasteiger partial charge is 0.481 e. The first-order valence-corrected chi connectivity index (χ1v) is 8.31. The number of hydrogen-bond acceptors (Lipinski definition) is 5. The third-order valence-electron chi connectivity index (χ3n) is 3.79. The van der Waals surface area contributed by atoms with Crippen molar-refractivity contribution >= 4 is 11.9 Å². The molecule has 0 saturated heterocycles. The van der Waals surface area contributed by atoms with E-state index in [1.807, 2.05) is 44.2 Å². The van der Waals surface area contributed by atoms with Crippen LogP contribution in [0.3, 0.4) is 0 Å². The lowest BCUT2D eigenvalue weighted by Gasteiger charge is -2.13. The zero-order valence-electron chi connectivity index (χ0n) is 14.4. The molecule has 0 saturated carbocycles. The fourth-order valence-electron chi connectivity index (χ4n) is 2.30. The van der Waals surface area contributed by atoms with Crippen LogP contribution < -0.4 is 5.32 Å². The molecule has 7 nitrogen and oxygen atoms in total. The van der Waals surface area contributed by atoms with Crippen LogP contribution in [0.25, 0.3) is 0 Å². The summed E-state index contributed by atoms with van der Waals surface area (Å²) in [7, 11) is 0. The summed E-state index contributed by atoms with van der Waals surface area (Å²) in [5.74, 6) is -0.628. The molecule has 0 spiro atoms. The van der Waals surface area contributed by atoms with Crippen molar-refractivity contribution in [2.24, 2.45) is 5.92 Å². The number of carbonyl (C=O) groups excluding carboxylic acids is 1. The molecule has 0 radical (unpaired) electrons. The second-order valence-corrected chi connectivity index (χ2v) is 6.23. The predicted octanol–water partition coefficient (Wildman–Crippen LogP) is 2.19. The topological polar surface area (TPSA) is 105 Å². The lowest BCUT2D eigenvalue weighted by Crippen LogP contribution is -2.34. The third kappa shape index (κ3) is 6.02. The van der Waals surface area contributed by atoms with Crippen LogP contribution in [-0.2, 0) is 22.4 Å². The van der Waals surface area contributed by atoms with Crippen molar-refractivity contribution in [3.05, 3.63) is 47.6 Å². The molecule has 0 aliphatic carbocycles. The number of carboxylic acids is 1. The Bertz CT molecular complexity index is 697. The van der Waals surface area contributed by atoms with Crippen molar-refractivity contribution in [1.29, 1.82) is 0 Å². The van der Waals surface area contributed by atoms with Crippen molar-refractivity contribution in [3.8, 4) is 0 Å². The maximum atomic E-state index is 11.9. The smallest absolute Gasteiger partial charge is 0.308 e. The zero-order valence-corrected chi connectivity index (χ0v) is 14.4. The summed E-state index contributed by atoms with van der Waals surface area (Å²) in [6.07, 6.45) is 0.886. The van der Waals surface area contributed by atoms with E-state index in [1.54, 1.807) is 0 Å². The number of carbonyl (C=O) groups is 2. The predicted molar refractivity (Wildman–Crippen MR) is 91.0 cm³/mol. The van der Waals surface area contributed by atoms with E-state index in [1.165, 1.54) is 0 Å². The second kappa shape index (κ2) is 8.96. The Morgan fingerprint density at radius 2 is 1.96 bits per heavy atom. The highest BCUT2D eigenvalue weighted by Gasteiger charge is 2.19. The molecule has 2 aromatic rings. The van der Waals surface area contributed by atoms with Crippen molar-refractivity contribution < 1.29 is 19.2 Å². The van der Waals surface area contributed by atoms with Crippen molar-refractivity contribution in [2.75, 3.05) is 6.54 Å². The minimum absolute atomic E-state index is 0.0874. The molecule has 1 aromatic carbocycles. The molecule has 25 heavy (non-hydrogen) atoms. The molecule has 7 heteroatoms. The average molecular weight is 345 g/mol. The number of nitrogens with zero attached hydrogens (tertiary/aromatic N) is 2. The molecule has 1 heterocycles. The van der Waals surface area contributed by atoms with Gasteiger partial charge in [-0.15, -0.1) is 0 Å². The highest BCUT2D eigenvalue weighted by molar-refractivity contribution is 5.77. The van der Waals surface area contributed by atoms with Crippen molar-refractivity contribution in [1.82, 2.24) is 15.5 Å². The first kappa shape index (κ1) is 18.6. The Kier molecular flexibility index (Phi) is 6.68. The van der Waals surface area contributed by atoms with Gasteiger partial charge >= 0.3 is 5.97 Å². The molecule has 0 aliphatic heterocycles. The van der Waals surface area contributed by atoms with E-state index in [4.69, 9.17) is 4.52 Å². The molecule has 0 bridgehead atoms. The van der Waals surface area contributed by atoms with Crippen molar-refractivity contribution in [2.45, 2.75) is 39.0 Å². The van der Waals surface area contributed by atoms with Gasteiger partial charge < -0.3 is 14.9 Å². The maximum absolute atomic E-state index is 11.9. The van der Waals surface area contributed by atoms with E-state index in [0.29, 0.717) is 24.6 Å². The van der Waals surface area contributed by atoms with Crippen LogP contribution in [0.5, 0.6) is 0 Å². The molecule has 1 aromatic heterocycles. The van der Waals surface area contributed by atoms with Crippen LogP contribution in [-0.4, -0.2) is 33.7 Å².